The zero-order valence-corrected chi connectivity index (χ0v) is 10.8. The van der Waals surface area contributed by atoms with Gasteiger partial charge in [-0.15, -0.1) is 0 Å². The van der Waals surface area contributed by atoms with Crippen molar-refractivity contribution in [3.8, 4) is 0 Å². The molecule has 94 valence electrons. The van der Waals surface area contributed by atoms with Gasteiger partial charge in [-0.3, -0.25) is 0 Å². The largest absolute Gasteiger partial charge is 0.479 e. The van der Waals surface area contributed by atoms with Crippen LogP contribution in [0.2, 0.25) is 0 Å². The van der Waals surface area contributed by atoms with Crippen LogP contribution in [0.4, 0.5) is 0 Å². The highest BCUT2D eigenvalue weighted by atomic mass is 16.4. The van der Waals surface area contributed by atoms with Crippen LogP contribution in [-0.2, 0) is 4.79 Å². The van der Waals surface area contributed by atoms with Crippen LogP contribution < -0.4 is 0 Å². The van der Waals surface area contributed by atoms with Crippen molar-refractivity contribution in [2.45, 2.75) is 59.0 Å². The molecule has 2 atom stereocenters. The maximum absolute atomic E-state index is 10.7. The Bertz CT molecular complexity index is 250. The second-order valence-electron chi connectivity index (χ2n) is 5.08. The molecule has 0 saturated heterocycles. The smallest absolute Gasteiger partial charge is 0.335 e. The lowest BCUT2D eigenvalue weighted by molar-refractivity contribution is -0.157. The first-order chi connectivity index (χ1) is 7.25. The number of rotatable bonds is 7. The quantitative estimate of drug-likeness (QED) is 0.659. The Labute approximate surface area is 98.2 Å². The van der Waals surface area contributed by atoms with Crippen molar-refractivity contribution >= 4 is 5.97 Å². The van der Waals surface area contributed by atoms with E-state index in [1.54, 1.807) is 0 Å². The summed E-state index contributed by atoms with van der Waals surface area (Å²) in [7, 11) is 0. The van der Waals surface area contributed by atoms with Crippen LogP contribution >= 0.6 is 0 Å². The third-order valence-electron chi connectivity index (χ3n) is 2.80. The Morgan fingerprint density at radius 1 is 1.38 bits per heavy atom. The van der Waals surface area contributed by atoms with E-state index >= 15 is 0 Å². The van der Waals surface area contributed by atoms with E-state index in [0.29, 0.717) is 12.3 Å². The van der Waals surface area contributed by atoms with E-state index in [1.807, 2.05) is 0 Å². The molecule has 0 spiro atoms. The second kappa shape index (κ2) is 6.69. The minimum Gasteiger partial charge on any atom is -0.479 e. The van der Waals surface area contributed by atoms with Crippen molar-refractivity contribution in [1.29, 1.82) is 0 Å². The summed E-state index contributed by atoms with van der Waals surface area (Å²) in [6, 6.07) is 0. The lowest BCUT2D eigenvalue weighted by Crippen LogP contribution is -2.35. The van der Waals surface area contributed by atoms with E-state index in [4.69, 9.17) is 5.11 Å². The van der Waals surface area contributed by atoms with Gasteiger partial charge in [-0.2, -0.15) is 0 Å². The standard InChI is InChI=1S/C13H24O3/c1-10(2)6-5-7-11(3)8-9-13(4,16)12(14)15/h6,11,16H,5,7-9H2,1-4H3,(H,14,15). The molecule has 0 aliphatic rings. The van der Waals surface area contributed by atoms with Gasteiger partial charge in [-0.25, -0.2) is 4.79 Å². The minimum absolute atomic E-state index is 0.318. The zero-order valence-electron chi connectivity index (χ0n) is 10.8. The summed E-state index contributed by atoms with van der Waals surface area (Å²) in [6.07, 6.45) is 5.32. The van der Waals surface area contributed by atoms with Crippen molar-refractivity contribution in [2.24, 2.45) is 5.92 Å². The van der Waals surface area contributed by atoms with Gasteiger partial charge in [-0.1, -0.05) is 18.6 Å². The van der Waals surface area contributed by atoms with Crippen LogP contribution in [0.5, 0.6) is 0 Å². The Hall–Kier alpha value is -0.830. The minimum atomic E-state index is -1.58. The Kier molecular flexibility index (Phi) is 6.34. The first kappa shape index (κ1) is 15.2. The first-order valence-corrected chi connectivity index (χ1v) is 5.85. The molecule has 0 aromatic heterocycles. The maximum atomic E-state index is 10.7. The summed E-state index contributed by atoms with van der Waals surface area (Å²) in [5, 5.41) is 18.3. The van der Waals surface area contributed by atoms with Crippen molar-refractivity contribution in [2.75, 3.05) is 0 Å². The van der Waals surface area contributed by atoms with E-state index in [0.717, 1.165) is 19.3 Å². The molecule has 0 aliphatic heterocycles. The normalized spacial score (nSPS) is 16.3. The van der Waals surface area contributed by atoms with Crippen LogP contribution in [0.25, 0.3) is 0 Å². The molecule has 0 fully saturated rings. The molecular formula is C13H24O3. The molecule has 0 aliphatic carbocycles. The highest BCUT2D eigenvalue weighted by molar-refractivity contribution is 5.76. The molecule has 2 unspecified atom stereocenters. The molecule has 0 bridgehead atoms. The van der Waals surface area contributed by atoms with Crippen molar-refractivity contribution in [3.63, 3.8) is 0 Å². The molecule has 3 nitrogen and oxygen atoms in total. The highest BCUT2D eigenvalue weighted by Gasteiger charge is 2.29. The molecule has 16 heavy (non-hydrogen) atoms. The van der Waals surface area contributed by atoms with E-state index in [-0.39, 0.29) is 0 Å². The number of hydrogen-bond acceptors (Lipinski definition) is 2. The molecule has 0 heterocycles. The molecule has 2 N–H and O–H groups in total. The average molecular weight is 228 g/mol. The molecule has 0 saturated carbocycles. The van der Waals surface area contributed by atoms with Gasteiger partial charge in [0, 0.05) is 0 Å². The van der Waals surface area contributed by atoms with Gasteiger partial charge in [0.2, 0.25) is 0 Å². The summed E-state index contributed by atoms with van der Waals surface area (Å²) in [5.41, 5.74) is -0.269. The van der Waals surface area contributed by atoms with E-state index in [2.05, 4.69) is 26.8 Å². The van der Waals surface area contributed by atoms with E-state index in [9.17, 15) is 9.90 Å². The second-order valence-corrected chi connectivity index (χ2v) is 5.08. The van der Waals surface area contributed by atoms with Gasteiger partial charge >= 0.3 is 5.97 Å². The SMILES string of the molecule is CC(C)=CCCC(C)CCC(C)(O)C(=O)O. The third-order valence-corrected chi connectivity index (χ3v) is 2.80. The highest BCUT2D eigenvalue weighted by Crippen LogP contribution is 2.20. The van der Waals surface area contributed by atoms with Gasteiger partial charge < -0.3 is 10.2 Å². The fourth-order valence-electron chi connectivity index (χ4n) is 1.44. The fraction of sp³-hybridized carbons (Fsp3) is 0.769. The monoisotopic (exact) mass is 228 g/mol. The van der Waals surface area contributed by atoms with Crippen LogP contribution in [0.15, 0.2) is 11.6 Å². The van der Waals surface area contributed by atoms with Gasteiger partial charge in [-0.05, 0) is 52.4 Å². The molecule has 0 radical (unpaired) electrons. The average Bonchev–Trinajstić information content (AvgIpc) is 2.14. The summed E-state index contributed by atoms with van der Waals surface area (Å²) in [5.74, 6) is -0.689. The van der Waals surface area contributed by atoms with Crippen LogP contribution in [-0.4, -0.2) is 21.8 Å². The predicted molar refractivity (Wildman–Crippen MR) is 65.3 cm³/mol. The fourth-order valence-corrected chi connectivity index (χ4v) is 1.44. The Balaban J connectivity index is 3.86. The first-order valence-electron chi connectivity index (χ1n) is 5.85. The number of carboxylic acid groups (broad SMARTS) is 1. The van der Waals surface area contributed by atoms with Crippen molar-refractivity contribution < 1.29 is 15.0 Å². The zero-order chi connectivity index (χ0) is 12.8. The molecule has 0 aromatic rings. The molecule has 3 heteroatoms. The Morgan fingerprint density at radius 2 is 1.94 bits per heavy atom. The van der Waals surface area contributed by atoms with Gasteiger partial charge in [0.15, 0.2) is 5.60 Å². The van der Waals surface area contributed by atoms with Crippen LogP contribution in [0.3, 0.4) is 0 Å². The van der Waals surface area contributed by atoms with Crippen LogP contribution in [0, 0.1) is 5.92 Å². The van der Waals surface area contributed by atoms with Crippen molar-refractivity contribution in [1.82, 2.24) is 0 Å². The summed E-state index contributed by atoms with van der Waals surface area (Å²) in [6.45, 7) is 7.59. The third kappa shape index (κ3) is 6.62. The summed E-state index contributed by atoms with van der Waals surface area (Å²) < 4.78 is 0. The lowest BCUT2D eigenvalue weighted by atomic mass is 9.92. The molecule has 0 amide bonds. The van der Waals surface area contributed by atoms with Gasteiger partial charge in [0.25, 0.3) is 0 Å². The number of carbonyl (C=O) groups is 1. The van der Waals surface area contributed by atoms with Crippen LogP contribution in [0.1, 0.15) is 53.4 Å². The lowest BCUT2D eigenvalue weighted by Gasteiger charge is -2.19. The molecule has 0 aromatic carbocycles. The number of aliphatic hydroxyl groups is 1. The number of hydrogen-bond donors (Lipinski definition) is 2. The molecule has 0 rings (SSSR count). The number of aliphatic carboxylic acids is 1. The summed E-state index contributed by atoms with van der Waals surface area (Å²) >= 11 is 0. The number of carboxylic acids is 1. The molecular weight excluding hydrogens is 204 g/mol. The maximum Gasteiger partial charge on any atom is 0.335 e. The topological polar surface area (TPSA) is 57.5 Å². The predicted octanol–water partition coefficient (Wildman–Crippen LogP) is 2.98. The number of allylic oxidation sites excluding steroid dienone is 2. The van der Waals surface area contributed by atoms with E-state index < -0.39 is 11.6 Å². The van der Waals surface area contributed by atoms with Gasteiger partial charge in [0.1, 0.15) is 0 Å². The Morgan fingerprint density at radius 3 is 2.38 bits per heavy atom. The van der Waals surface area contributed by atoms with Crippen molar-refractivity contribution in [3.05, 3.63) is 11.6 Å². The van der Waals surface area contributed by atoms with Gasteiger partial charge in [0.05, 0.1) is 0 Å². The summed E-state index contributed by atoms with van der Waals surface area (Å²) in [4.78, 5) is 10.7. The van der Waals surface area contributed by atoms with E-state index in [1.165, 1.54) is 12.5 Å².